The largest absolute Gasteiger partial charge is 0.299 e. The lowest BCUT2D eigenvalue weighted by Crippen LogP contribution is -2.14. The normalized spacial score (nSPS) is 15.7. The van der Waals surface area contributed by atoms with Crippen molar-refractivity contribution in [3.8, 4) is 5.69 Å². The number of fused-ring (bicyclic) bond motifs is 3. The fourth-order valence-electron chi connectivity index (χ4n) is 3.43. The molecule has 1 aliphatic heterocycles. The molecule has 5 nitrogen and oxygen atoms in total. The molecule has 0 saturated carbocycles. The average Bonchev–Trinajstić information content (AvgIpc) is 3.00. The van der Waals surface area contributed by atoms with E-state index in [1.165, 1.54) is 0 Å². The minimum Gasteiger partial charge on any atom is -0.299 e. The number of aliphatic imine (C=N–C) groups is 1. The van der Waals surface area contributed by atoms with Gasteiger partial charge in [-0.2, -0.15) is 0 Å². The van der Waals surface area contributed by atoms with Gasteiger partial charge in [0.15, 0.2) is 5.82 Å². The van der Waals surface area contributed by atoms with Crippen LogP contribution in [0.5, 0.6) is 0 Å². The van der Waals surface area contributed by atoms with Crippen molar-refractivity contribution in [1.82, 2.24) is 14.8 Å². The van der Waals surface area contributed by atoms with Crippen LogP contribution in [0, 0.1) is 12.8 Å². The van der Waals surface area contributed by atoms with E-state index < -0.39 is 0 Å². The minimum atomic E-state index is -0.358. The third-order valence-corrected chi connectivity index (χ3v) is 4.92. The van der Waals surface area contributed by atoms with Crippen molar-refractivity contribution in [3.63, 3.8) is 0 Å². The Labute approximate surface area is 158 Å². The highest BCUT2D eigenvalue weighted by atomic mass is 16.1. The highest BCUT2D eigenvalue weighted by molar-refractivity contribution is 6.15. The van der Waals surface area contributed by atoms with E-state index in [0.717, 1.165) is 34.2 Å². The highest BCUT2D eigenvalue weighted by Crippen LogP contribution is 2.32. The summed E-state index contributed by atoms with van der Waals surface area (Å²) in [7, 11) is 0. The molecule has 0 spiro atoms. The van der Waals surface area contributed by atoms with Crippen molar-refractivity contribution >= 4 is 11.5 Å². The van der Waals surface area contributed by atoms with Crippen LogP contribution in [0.15, 0.2) is 59.6 Å². The Morgan fingerprint density at radius 3 is 2.48 bits per heavy atom. The Morgan fingerprint density at radius 2 is 1.74 bits per heavy atom. The van der Waals surface area contributed by atoms with Gasteiger partial charge >= 0.3 is 0 Å². The first-order chi connectivity index (χ1) is 13.1. The quantitative estimate of drug-likeness (QED) is 0.706. The molecule has 1 aromatic heterocycles. The number of hydrogen-bond donors (Lipinski definition) is 0. The zero-order valence-corrected chi connectivity index (χ0v) is 15.8. The van der Waals surface area contributed by atoms with E-state index in [9.17, 15) is 4.79 Å². The van der Waals surface area contributed by atoms with Crippen LogP contribution < -0.4 is 0 Å². The molecular formula is C22H22N4O. The van der Waals surface area contributed by atoms with Crippen molar-refractivity contribution in [2.45, 2.75) is 33.2 Å². The number of carbonyl (C=O) groups excluding carboxylic acids is 1. The first-order valence-corrected chi connectivity index (χ1v) is 9.24. The third-order valence-electron chi connectivity index (χ3n) is 4.92. The van der Waals surface area contributed by atoms with Crippen molar-refractivity contribution in [1.29, 1.82) is 0 Å². The molecule has 0 bridgehead atoms. The number of Topliss-reactive ketones (excluding diaryl/α,β-unsaturated/α-hetero) is 1. The van der Waals surface area contributed by atoms with Crippen LogP contribution in [-0.2, 0) is 4.79 Å². The van der Waals surface area contributed by atoms with Crippen LogP contribution in [0.1, 0.15) is 49.1 Å². The number of aromatic nitrogens is 3. The van der Waals surface area contributed by atoms with Gasteiger partial charge in [-0.15, -0.1) is 10.2 Å². The van der Waals surface area contributed by atoms with E-state index in [-0.39, 0.29) is 17.7 Å². The Bertz CT molecular complexity index is 1020. The lowest BCUT2D eigenvalue weighted by molar-refractivity contribution is -0.122. The van der Waals surface area contributed by atoms with Gasteiger partial charge in [-0.25, -0.2) is 0 Å². The Morgan fingerprint density at radius 1 is 1.04 bits per heavy atom. The fraction of sp³-hybridized carbons (Fsp3) is 0.273. The standard InChI is InChI=1S/C22H22N4O/c1-14(2)20(27)13-18-22-25-24-15(3)26(22)19-12-8-7-11-17(19)21(23-18)16-9-5-4-6-10-16/h4-12,14,18H,13H2,1-3H3/t18-/m0/s1. The second kappa shape index (κ2) is 6.91. The van der Waals surface area contributed by atoms with Crippen LogP contribution in [0.3, 0.4) is 0 Å². The number of para-hydroxylation sites is 1. The molecule has 4 rings (SSSR count). The molecule has 0 amide bonds. The summed E-state index contributed by atoms with van der Waals surface area (Å²) >= 11 is 0. The highest BCUT2D eigenvalue weighted by Gasteiger charge is 2.29. The molecule has 0 unspecified atom stereocenters. The minimum absolute atomic E-state index is 0.0385. The average molecular weight is 358 g/mol. The predicted molar refractivity (Wildman–Crippen MR) is 105 cm³/mol. The maximum absolute atomic E-state index is 12.5. The van der Waals surface area contributed by atoms with Gasteiger partial charge < -0.3 is 0 Å². The maximum Gasteiger partial charge on any atom is 0.162 e. The van der Waals surface area contributed by atoms with Crippen LogP contribution in [0.25, 0.3) is 5.69 Å². The molecule has 1 atom stereocenters. The van der Waals surface area contributed by atoms with E-state index in [2.05, 4.69) is 34.5 Å². The van der Waals surface area contributed by atoms with Gasteiger partial charge in [0.25, 0.3) is 0 Å². The predicted octanol–water partition coefficient (Wildman–Crippen LogP) is 4.08. The summed E-state index contributed by atoms with van der Waals surface area (Å²) in [4.78, 5) is 17.6. The smallest absolute Gasteiger partial charge is 0.162 e. The second-order valence-electron chi connectivity index (χ2n) is 7.14. The van der Waals surface area contributed by atoms with Gasteiger partial charge in [0, 0.05) is 23.5 Å². The zero-order valence-electron chi connectivity index (χ0n) is 15.8. The molecule has 2 heterocycles. The molecule has 3 aromatic rings. The lowest BCUT2D eigenvalue weighted by Gasteiger charge is -2.13. The van der Waals surface area contributed by atoms with E-state index in [4.69, 9.17) is 4.99 Å². The SMILES string of the molecule is Cc1nnc2n1-c1ccccc1C(c1ccccc1)=N[C@H]2CC(=O)C(C)C. The molecule has 1 aliphatic rings. The molecule has 27 heavy (non-hydrogen) atoms. The summed E-state index contributed by atoms with van der Waals surface area (Å²) in [6, 6.07) is 17.9. The molecule has 0 radical (unpaired) electrons. The van der Waals surface area contributed by atoms with Crippen LogP contribution >= 0.6 is 0 Å². The van der Waals surface area contributed by atoms with Gasteiger partial charge in [0.05, 0.1) is 11.4 Å². The third kappa shape index (κ3) is 3.10. The van der Waals surface area contributed by atoms with Gasteiger partial charge in [-0.05, 0) is 13.0 Å². The molecule has 136 valence electrons. The Hall–Kier alpha value is -3.08. The van der Waals surface area contributed by atoms with E-state index >= 15 is 0 Å². The molecule has 0 aliphatic carbocycles. The molecule has 2 aromatic carbocycles. The van der Waals surface area contributed by atoms with E-state index in [1.54, 1.807) is 0 Å². The lowest BCUT2D eigenvalue weighted by atomic mass is 9.99. The number of nitrogens with zero attached hydrogens (tertiary/aromatic N) is 4. The van der Waals surface area contributed by atoms with Gasteiger partial charge in [-0.3, -0.25) is 14.4 Å². The molecule has 5 heteroatoms. The summed E-state index contributed by atoms with van der Waals surface area (Å²) in [6.07, 6.45) is 0.320. The Balaban J connectivity index is 1.96. The topological polar surface area (TPSA) is 60.1 Å². The van der Waals surface area contributed by atoms with Crippen LogP contribution in [0.2, 0.25) is 0 Å². The summed E-state index contributed by atoms with van der Waals surface area (Å²) in [6.45, 7) is 5.78. The first kappa shape index (κ1) is 17.3. The van der Waals surface area contributed by atoms with Crippen molar-refractivity contribution in [2.75, 3.05) is 0 Å². The molecular weight excluding hydrogens is 336 g/mol. The Kier molecular flexibility index (Phi) is 4.44. The number of benzene rings is 2. The number of hydrogen-bond acceptors (Lipinski definition) is 4. The zero-order chi connectivity index (χ0) is 19.0. The summed E-state index contributed by atoms with van der Waals surface area (Å²) in [5.74, 6) is 1.65. The summed E-state index contributed by atoms with van der Waals surface area (Å²) in [5.41, 5.74) is 3.94. The monoisotopic (exact) mass is 358 g/mol. The number of carbonyl (C=O) groups is 1. The molecule has 0 fully saturated rings. The number of rotatable bonds is 4. The fourth-order valence-corrected chi connectivity index (χ4v) is 3.43. The second-order valence-corrected chi connectivity index (χ2v) is 7.14. The molecule has 0 saturated heterocycles. The van der Waals surface area contributed by atoms with Gasteiger partial charge in [0.1, 0.15) is 17.6 Å². The maximum atomic E-state index is 12.5. The van der Waals surface area contributed by atoms with Gasteiger partial charge in [0.2, 0.25) is 0 Å². The summed E-state index contributed by atoms with van der Waals surface area (Å²) < 4.78 is 2.03. The van der Waals surface area contributed by atoms with Crippen molar-refractivity contribution in [3.05, 3.63) is 77.4 Å². The van der Waals surface area contributed by atoms with E-state index in [1.807, 2.05) is 55.7 Å². The summed E-state index contributed by atoms with van der Waals surface area (Å²) in [5, 5.41) is 8.66. The number of aryl methyl sites for hydroxylation is 1. The van der Waals surface area contributed by atoms with Crippen molar-refractivity contribution in [2.24, 2.45) is 10.9 Å². The van der Waals surface area contributed by atoms with Crippen molar-refractivity contribution < 1.29 is 4.79 Å². The van der Waals surface area contributed by atoms with Gasteiger partial charge in [-0.1, -0.05) is 62.4 Å². The van der Waals surface area contributed by atoms with E-state index in [0.29, 0.717) is 6.42 Å². The molecule has 0 N–H and O–H groups in total. The first-order valence-electron chi connectivity index (χ1n) is 9.24. The number of ketones is 1. The van der Waals surface area contributed by atoms with Crippen LogP contribution in [0.4, 0.5) is 0 Å². The van der Waals surface area contributed by atoms with Crippen LogP contribution in [-0.4, -0.2) is 26.3 Å².